The molecule has 0 saturated carbocycles. The number of aromatic nitrogens is 2. The van der Waals surface area contributed by atoms with Crippen molar-refractivity contribution in [1.29, 1.82) is 0 Å². The smallest absolute Gasteiger partial charge is 0.151 e. The molecule has 0 unspecified atom stereocenters. The second-order valence-corrected chi connectivity index (χ2v) is 6.73. The van der Waals surface area contributed by atoms with Gasteiger partial charge in [0.1, 0.15) is 23.3 Å². The summed E-state index contributed by atoms with van der Waals surface area (Å²) in [6.45, 7) is 2.17. The van der Waals surface area contributed by atoms with Crippen molar-refractivity contribution in [3.8, 4) is 11.4 Å². The number of hydrogen-bond acceptors (Lipinski definition) is 6. The highest BCUT2D eigenvalue weighted by atomic mass is 16.5. The molecule has 6 nitrogen and oxygen atoms in total. The van der Waals surface area contributed by atoms with E-state index in [1.165, 1.54) is 6.42 Å². The average Bonchev–Trinajstić information content (AvgIpc) is 3.33. The molecular formula is C20H23N3O3. The van der Waals surface area contributed by atoms with E-state index in [1.807, 2.05) is 43.4 Å². The fourth-order valence-corrected chi connectivity index (χ4v) is 3.23. The van der Waals surface area contributed by atoms with Crippen molar-refractivity contribution in [2.24, 2.45) is 0 Å². The SMILES string of the molecule is CN(Cc1cc(-c2ccccn2)no1)Cc1ccc([C@H]2CCCCO2)o1. The molecule has 0 radical (unpaired) electrons. The zero-order chi connectivity index (χ0) is 17.8. The second-order valence-electron chi connectivity index (χ2n) is 6.73. The molecule has 1 fully saturated rings. The number of furan rings is 1. The summed E-state index contributed by atoms with van der Waals surface area (Å²) in [4.78, 5) is 6.43. The van der Waals surface area contributed by atoms with Crippen LogP contribution in [-0.2, 0) is 17.8 Å². The highest BCUT2D eigenvalue weighted by Gasteiger charge is 2.20. The normalized spacial score (nSPS) is 17.7. The van der Waals surface area contributed by atoms with Gasteiger partial charge in [0.05, 0.1) is 18.8 Å². The summed E-state index contributed by atoms with van der Waals surface area (Å²) in [6.07, 6.45) is 5.24. The Balaban J connectivity index is 1.35. The van der Waals surface area contributed by atoms with Crippen LogP contribution in [0.3, 0.4) is 0 Å². The highest BCUT2D eigenvalue weighted by Crippen LogP contribution is 2.29. The summed E-state index contributed by atoms with van der Waals surface area (Å²) in [5.41, 5.74) is 1.57. The fourth-order valence-electron chi connectivity index (χ4n) is 3.23. The Morgan fingerprint density at radius 2 is 2.00 bits per heavy atom. The number of hydrogen-bond donors (Lipinski definition) is 0. The third kappa shape index (κ3) is 4.03. The molecule has 0 aliphatic carbocycles. The van der Waals surface area contributed by atoms with E-state index in [9.17, 15) is 0 Å². The van der Waals surface area contributed by atoms with Crippen LogP contribution in [0.1, 0.15) is 42.6 Å². The van der Waals surface area contributed by atoms with Crippen LogP contribution in [0.4, 0.5) is 0 Å². The summed E-state index contributed by atoms with van der Waals surface area (Å²) in [5, 5.41) is 4.11. The van der Waals surface area contributed by atoms with Crippen molar-refractivity contribution in [1.82, 2.24) is 15.0 Å². The first-order valence-corrected chi connectivity index (χ1v) is 9.04. The van der Waals surface area contributed by atoms with Gasteiger partial charge < -0.3 is 13.7 Å². The van der Waals surface area contributed by atoms with Gasteiger partial charge in [-0.05, 0) is 50.6 Å². The van der Waals surface area contributed by atoms with Gasteiger partial charge >= 0.3 is 0 Å². The van der Waals surface area contributed by atoms with Crippen molar-refractivity contribution in [2.45, 2.75) is 38.5 Å². The third-order valence-electron chi connectivity index (χ3n) is 4.52. The Kier molecular flexibility index (Phi) is 5.13. The van der Waals surface area contributed by atoms with Crippen LogP contribution in [0.2, 0.25) is 0 Å². The van der Waals surface area contributed by atoms with Gasteiger partial charge in [0.15, 0.2) is 5.76 Å². The van der Waals surface area contributed by atoms with Gasteiger partial charge in [0.25, 0.3) is 0 Å². The summed E-state index contributed by atoms with van der Waals surface area (Å²) in [5.74, 6) is 2.67. The van der Waals surface area contributed by atoms with Crippen molar-refractivity contribution in [3.05, 3.63) is 59.9 Å². The second kappa shape index (κ2) is 7.85. The molecule has 26 heavy (non-hydrogen) atoms. The van der Waals surface area contributed by atoms with E-state index in [0.29, 0.717) is 13.1 Å². The molecule has 1 atom stereocenters. The molecule has 1 saturated heterocycles. The monoisotopic (exact) mass is 353 g/mol. The predicted molar refractivity (Wildman–Crippen MR) is 96.2 cm³/mol. The minimum absolute atomic E-state index is 0.109. The number of ether oxygens (including phenoxy) is 1. The van der Waals surface area contributed by atoms with E-state index >= 15 is 0 Å². The minimum atomic E-state index is 0.109. The first-order valence-electron chi connectivity index (χ1n) is 9.04. The number of pyridine rings is 1. The van der Waals surface area contributed by atoms with Crippen LogP contribution >= 0.6 is 0 Å². The van der Waals surface area contributed by atoms with Crippen molar-refractivity contribution < 1.29 is 13.7 Å². The lowest BCUT2D eigenvalue weighted by atomic mass is 10.1. The lowest BCUT2D eigenvalue weighted by molar-refractivity contribution is 0.000886. The van der Waals surface area contributed by atoms with Gasteiger partial charge in [0, 0.05) is 18.9 Å². The van der Waals surface area contributed by atoms with Crippen molar-refractivity contribution in [3.63, 3.8) is 0 Å². The maximum atomic E-state index is 5.98. The van der Waals surface area contributed by atoms with Crippen LogP contribution in [0.5, 0.6) is 0 Å². The van der Waals surface area contributed by atoms with E-state index in [2.05, 4.69) is 15.0 Å². The van der Waals surface area contributed by atoms with Gasteiger partial charge in [0.2, 0.25) is 0 Å². The maximum absolute atomic E-state index is 5.98. The van der Waals surface area contributed by atoms with Crippen LogP contribution in [-0.4, -0.2) is 28.7 Å². The minimum Gasteiger partial charge on any atom is -0.462 e. The Morgan fingerprint density at radius 3 is 2.81 bits per heavy atom. The van der Waals surface area contributed by atoms with E-state index in [0.717, 1.165) is 48.1 Å². The summed E-state index contributed by atoms with van der Waals surface area (Å²) >= 11 is 0. The fraction of sp³-hybridized carbons (Fsp3) is 0.400. The zero-order valence-electron chi connectivity index (χ0n) is 14.9. The Morgan fingerprint density at radius 1 is 1.08 bits per heavy atom. The van der Waals surface area contributed by atoms with Gasteiger partial charge in [-0.15, -0.1) is 0 Å². The molecule has 0 aromatic carbocycles. The van der Waals surface area contributed by atoms with E-state index in [-0.39, 0.29) is 6.10 Å². The molecular weight excluding hydrogens is 330 g/mol. The highest BCUT2D eigenvalue weighted by molar-refractivity contribution is 5.52. The van der Waals surface area contributed by atoms with Crippen molar-refractivity contribution in [2.75, 3.05) is 13.7 Å². The van der Waals surface area contributed by atoms with E-state index in [4.69, 9.17) is 13.7 Å². The largest absolute Gasteiger partial charge is 0.462 e. The van der Waals surface area contributed by atoms with Crippen LogP contribution < -0.4 is 0 Å². The molecule has 136 valence electrons. The molecule has 0 amide bonds. The lowest BCUT2D eigenvalue weighted by Crippen LogP contribution is -2.16. The molecule has 0 bridgehead atoms. The molecule has 1 aliphatic rings. The lowest BCUT2D eigenvalue weighted by Gasteiger charge is -2.20. The van der Waals surface area contributed by atoms with Crippen LogP contribution in [0.15, 0.2) is 51.5 Å². The Hall–Kier alpha value is -2.44. The standard InChI is InChI=1S/C20H23N3O3/c1-23(13-15-8-9-20(25-15)19-7-3-5-11-24-19)14-16-12-18(22-26-16)17-6-2-4-10-21-17/h2,4,6,8-10,12,19H,3,5,7,11,13-14H2,1H3/t19-/m1/s1. The van der Waals surface area contributed by atoms with Gasteiger partial charge in [-0.3, -0.25) is 9.88 Å². The first-order chi connectivity index (χ1) is 12.8. The Labute approximate surface area is 152 Å². The molecule has 3 aromatic rings. The van der Waals surface area contributed by atoms with E-state index < -0.39 is 0 Å². The predicted octanol–water partition coefficient (Wildman–Crippen LogP) is 4.20. The van der Waals surface area contributed by atoms with Gasteiger partial charge in [-0.1, -0.05) is 11.2 Å². The molecule has 4 rings (SSSR count). The van der Waals surface area contributed by atoms with Gasteiger partial charge in [-0.25, -0.2) is 0 Å². The zero-order valence-corrected chi connectivity index (χ0v) is 14.9. The van der Waals surface area contributed by atoms with Crippen LogP contribution in [0.25, 0.3) is 11.4 Å². The molecule has 3 aromatic heterocycles. The number of nitrogens with zero attached hydrogens (tertiary/aromatic N) is 3. The molecule has 4 heterocycles. The van der Waals surface area contributed by atoms with E-state index in [1.54, 1.807) is 6.20 Å². The molecule has 0 spiro atoms. The Bertz CT molecular complexity index is 822. The summed E-state index contributed by atoms with van der Waals surface area (Å²) in [7, 11) is 2.03. The van der Waals surface area contributed by atoms with Crippen LogP contribution in [0, 0.1) is 0 Å². The first kappa shape index (κ1) is 17.0. The quantitative estimate of drug-likeness (QED) is 0.662. The molecule has 6 heteroatoms. The van der Waals surface area contributed by atoms with Crippen molar-refractivity contribution >= 4 is 0 Å². The summed E-state index contributed by atoms with van der Waals surface area (Å²) in [6, 6.07) is 11.7. The molecule has 0 N–H and O–H groups in total. The maximum Gasteiger partial charge on any atom is 0.151 e. The topological polar surface area (TPSA) is 64.5 Å². The molecule has 1 aliphatic heterocycles. The average molecular weight is 353 g/mol. The third-order valence-corrected chi connectivity index (χ3v) is 4.52. The van der Waals surface area contributed by atoms with Gasteiger partial charge in [-0.2, -0.15) is 0 Å². The summed E-state index contributed by atoms with van der Waals surface area (Å²) < 4.78 is 17.2. The number of rotatable bonds is 6.